The van der Waals surface area contributed by atoms with Crippen molar-refractivity contribution < 1.29 is 8.42 Å². The van der Waals surface area contributed by atoms with Gasteiger partial charge in [-0.25, -0.2) is 9.98 Å². The van der Waals surface area contributed by atoms with E-state index in [9.17, 15) is 8.42 Å². The second kappa shape index (κ2) is 8.32. The Kier molecular flexibility index (Phi) is 7.09. The van der Waals surface area contributed by atoms with Gasteiger partial charge in [0, 0.05) is 17.3 Å². The number of rotatable bonds is 8. The predicted molar refractivity (Wildman–Crippen MR) is 84.6 cm³/mol. The van der Waals surface area contributed by atoms with Crippen LogP contribution in [-0.2, 0) is 16.0 Å². The standard InChI is InChI=1S/C9H16N6O2S3/c1-7(10)13-9-14-8(6-19-9)5-18-4-2-3-12-20(16,17)15-11/h3,6,15H,2,4-5,11H2,1H3,(H2,10,13,14). The second-order valence-electron chi connectivity index (χ2n) is 3.60. The van der Waals surface area contributed by atoms with Crippen molar-refractivity contribution in [3.63, 3.8) is 0 Å². The lowest BCUT2D eigenvalue weighted by Gasteiger charge is -1.96. The van der Waals surface area contributed by atoms with Crippen molar-refractivity contribution >= 4 is 50.5 Å². The van der Waals surface area contributed by atoms with Crippen LogP contribution >= 0.6 is 23.1 Å². The molecule has 20 heavy (non-hydrogen) atoms. The summed E-state index contributed by atoms with van der Waals surface area (Å²) in [4.78, 5) is 9.97. The zero-order chi connectivity index (χ0) is 15.0. The third-order valence-electron chi connectivity index (χ3n) is 1.82. The highest BCUT2D eigenvalue weighted by atomic mass is 32.2. The van der Waals surface area contributed by atoms with Crippen LogP contribution in [-0.4, -0.2) is 31.2 Å². The van der Waals surface area contributed by atoms with E-state index in [1.54, 1.807) is 23.5 Å². The van der Waals surface area contributed by atoms with Crippen molar-refractivity contribution in [1.29, 1.82) is 0 Å². The minimum atomic E-state index is -3.72. The van der Waals surface area contributed by atoms with Gasteiger partial charge in [-0.15, -0.1) is 16.2 Å². The monoisotopic (exact) mass is 336 g/mol. The predicted octanol–water partition coefficient (Wildman–Crippen LogP) is 0.554. The minimum absolute atomic E-state index is 0.476. The average molecular weight is 336 g/mol. The maximum Gasteiger partial charge on any atom is 0.332 e. The molecule has 0 aliphatic rings. The molecule has 0 bridgehead atoms. The molecule has 5 N–H and O–H groups in total. The Morgan fingerprint density at radius 1 is 1.65 bits per heavy atom. The lowest BCUT2D eigenvalue weighted by Crippen LogP contribution is -2.28. The number of hydrogen-bond donors (Lipinski definition) is 3. The molecule has 0 saturated carbocycles. The molecule has 112 valence electrons. The summed E-state index contributed by atoms with van der Waals surface area (Å²) in [6, 6.07) is 0. The molecule has 1 aromatic rings. The lowest BCUT2D eigenvalue weighted by molar-refractivity contribution is 0.586. The fourth-order valence-electron chi connectivity index (χ4n) is 1.06. The van der Waals surface area contributed by atoms with Crippen LogP contribution in [0, 0.1) is 0 Å². The number of nitrogens with two attached hydrogens (primary N) is 2. The van der Waals surface area contributed by atoms with Gasteiger partial charge in [-0.3, -0.25) is 5.84 Å². The van der Waals surface area contributed by atoms with Crippen LogP contribution in [0.3, 0.4) is 0 Å². The van der Waals surface area contributed by atoms with E-state index < -0.39 is 10.2 Å². The first kappa shape index (κ1) is 17.0. The van der Waals surface area contributed by atoms with Gasteiger partial charge >= 0.3 is 10.2 Å². The number of thiazole rings is 1. The summed E-state index contributed by atoms with van der Waals surface area (Å²) in [6.07, 6.45) is 1.85. The maximum atomic E-state index is 10.9. The Labute approximate surface area is 125 Å². The van der Waals surface area contributed by atoms with Gasteiger partial charge in [-0.05, 0) is 19.1 Å². The van der Waals surface area contributed by atoms with Crippen LogP contribution in [0.15, 0.2) is 14.8 Å². The topological polar surface area (TPSA) is 136 Å². The molecule has 0 aromatic carbocycles. The number of hydrazine groups is 1. The first-order valence-electron chi connectivity index (χ1n) is 5.52. The summed E-state index contributed by atoms with van der Waals surface area (Å²) in [5, 5.41) is 2.56. The largest absolute Gasteiger partial charge is 0.387 e. The normalized spacial score (nSPS) is 13.2. The second-order valence-corrected chi connectivity index (χ2v) is 6.94. The summed E-state index contributed by atoms with van der Waals surface area (Å²) < 4.78 is 25.1. The summed E-state index contributed by atoms with van der Waals surface area (Å²) in [7, 11) is -3.72. The number of nitrogens with zero attached hydrogens (tertiary/aromatic N) is 3. The van der Waals surface area contributed by atoms with Gasteiger partial charge in [0.05, 0.1) is 11.5 Å². The van der Waals surface area contributed by atoms with Crippen LogP contribution in [0.25, 0.3) is 0 Å². The van der Waals surface area contributed by atoms with E-state index in [1.165, 1.54) is 17.6 Å². The molecule has 0 aliphatic heterocycles. The molecule has 1 aromatic heterocycles. The molecule has 0 spiro atoms. The van der Waals surface area contributed by atoms with E-state index in [-0.39, 0.29) is 0 Å². The smallest absolute Gasteiger partial charge is 0.332 e. The highest BCUT2D eigenvalue weighted by Crippen LogP contribution is 2.22. The number of hydrogen-bond acceptors (Lipinski definition) is 7. The molecule has 0 saturated heterocycles. The Morgan fingerprint density at radius 3 is 3.05 bits per heavy atom. The van der Waals surface area contributed by atoms with E-state index >= 15 is 0 Å². The summed E-state index contributed by atoms with van der Waals surface area (Å²) >= 11 is 3.06. The van der Waals surface area contributed by atoms with Gasteiger partial charge in [0.25, 0.3) is 0 Å². The lowest BCUT2D eigenvalue weighted by atomic mass is 10.5. The molecular formula is C9H16N6O2S3. The van der Waals surface area contributed by atoms with Crippen molar-refractivity contribution in [2.75, 3.05) is 5.75 Å². The van der Waals surface area contributed by atoms with Gasteiger partial charge in [-0.2, -0.15) is 24.6 Å². The molecule has 1 heterocycles. The Balaban J connectivity index is 2.28. The van der Waals surface area contributed by atoms with Crippen molar-refractivity contribution in [3.05, 3.63) is 11.1 Å². The Bertz CT molecular complexity index is 576. The molecular weight excluding hydrogens is 320 g/mol. The summed E-state index contributed by atoms with van der Waals surface area (Å²) in [6.45, 7) is 1.71. The van der Waals surface area contributed by atoms with E-state index in [0.29, 0.717) is 17.4 Å². The van der Waals surface area contributed by atoms with Crippen LogP contribution in [0.2, 0.25) is 0 Å². The van der Waals surface area contributed by atoms with Crippen LogP contribution < -0.4 is 16.4 Å². The molecule has 0 aliphatic carbocycles. The van der Waals surface area contributed by atoms with E-state index in [1.807, 2.05) is 5.38 Å². The number of aromatic nitrogens is 1. The first-order chi connectivity index (χ1) is 9.43. The van der Waals surface area contributed by atoms with E-state index in [0.717, 1.165) is 17.2 Å². The highest BCUT2D eigenvalue weighted by molar-refractivity contribution is 7.98. The van der Waals surface area contributed by atoms with Gasteiger partial charge < -0.3 is 5.73 Å². The van der Waals surface area contributed by atoms with Gasteiger partial charge in [0.1, 0.15) is 0 Å². The fraction of sp³-hybridized carbons (Fsp3) is 0.444. The molecule has 0 amide bonds. The molecule has 0 radical (unpaired) electrons. The summed E-state index contributed by atoms with van der Waals surface area (Å²) in [5.74, 6) is 6.71. The van der Waals surface area contributed by atoms with Gasteiger partial charge in [-0.1, -0.05) is 0 Å². The highest BCUT2D eigenvalue weighted by Gasteiger charge is 2.02. The molecule has 0 atom stereocenters. The van der Waals surface area contributed by atoms with E-state index in [2.05, 4.69) is 14.4 Å². The SMILES string of the molecule is CC(N)=Nc1nc(CSCCC=NS(=O)(=O)NN)cs1. The fourth-order valence-corrected chi connectivity index (χ4v) is 3.04. The van der Waals surface area contributed by atoms with Gasteiger partial charge in [0.2, 0.25) is 5.13 Å². The maximum absolute atomic E-state index is 10.9. The van der Waals surface area contributed by atoms with Crippen molar-refractivity contribution in [2.24, 2.45) is 21.0 Å². The zero-order valence-electron chi connectivity index (χ0n) is 10.8. The summed E-state index contributed by atoms with van der Waals surface area (Å²) in [5.41, 5.74) is 6.39. The zero-order valence-corrected chi connectivity index (χ0v) is 13.3. The van der Waals surface area contributed by atoms with Crippen LogP contribution in [0.1, 0.15) is 19.0 Å². The molecule has 1 rings (SSSR count). The first-order valence-corrected chi connectivity index (χ1v) is 8.99. The van der Waals surface area contributed by atoms with Gasteiger partial charge in [0.15, 0.2) is 0 Å². The van der Waals surface area contributed by atoms with Crippen molar-refractivity contribution in [1.82, 2.24) is 9.82 Å². The van der Waals surface area contributed by atoms with Crippen molar-refractivity contribution in [3.8, 4) is 0 Å². The number of aliphatic imine (C=N–C) groups is 1. The van der Waals surface area contributed by atoms with Crippen molar-refractivity contribution in [2.45, 2.75) is 19.1 Å². The third kappa shape index (κ3) is 6.96. The molecule has 0 fully saturated rings. The van der Waals surface area contributed by atoms with Crippen LogP contribution in [0.5, 0.6) is 0 Å². The average Bonchev–Trinajstić information content (AvgIpc) is 2.80. The van der Waals surface area contributed by atoms with E-state index in [4.69, 9.17) is 11.6 Å². The minimum Gasteiger partial charge on any atom is -0.387 e. The molecule has 8 nitrogen and oxygen atoms in total. The van der Waals surface area contributed by atoms with Crippen LogP contribution in [0.4, 0.5) is 5.13 Å². The quantitative estimate of drug-likeness (QED) is 0.208. The third-order valence-corrected chi connectivity index (χ3v) is 4.35. The number of thioether (sulfide) groups is 1. The number of amidine groups is 1. The Morgan fingerprint density at radius 2 is 2.40 bits per heavy atom. The Hall–Kier alpha value is -1.01. The molecule has 0 unspecified atom stereocenters. The number of nitrogens with one attached hydrogen (secondary N) is 1. The molecule has 11 heteroatoms.